The maximum Gasteiger partial charge on any atom is 0.321 e. The molecule has 1 amide bonds. The van der Waals surface area contributed by atoms with Crippen molar-refractivity contribution in [3.8, 4) is 0 Å². The molecule has 2 heterocycles. The molecule has 2 aromatic carbocycles. The SMILES string of the molecule is CF.Cc1ccc2c(c1)NC(=O)[C@@]21C(CC(C)(C)C)N[C@@H](C(=O)O)C1c1cccc(Br)c1F. The highest BCUT2D eigenvalue weighted by Crippen LogP contribution is 2.56. The Bertz CT molecular complexity index is 1090. The largest absolute Gasteiger partial charge is 0.480 e. The number of hydrogen-bond acceptors (Lipinski definition) is 3. The molecule has 0 radical (unpaired) electrons. The lowest BCUT2D eigenvalue weighted by atomic mass is 9.62. The molecule has 4 atom stereocenters. The first-order valence-corrected chi connectivity index (χ1v) is 11.5. The van der Waals surface area contributed by atoms with Gasteiger partial charge in [-0.1, -0.05) is 45.0 Å². The number of carbonyl (C=O) groups excluding carboxylic acids is 1. The molecule has 1 spiro atoms. The van der Waals surface area contributed by atoms with Gasteiger partial charge in [-0.25, -0.2) is 4.39 Å². The summed E-state index contributed by atoms with van der Waals surface area (Å²) >= 11 is 3.22. The van der Waals surface area contributed by atoms with Crippen LogP contribution < -0.4 is 10.6 Å². The van der Waals surface area contributed by atoms with Gasteiger partial charge < -0.3 is 10.4 Å². The zero-order chi connectivity index (χ0) is 24.7. The molecular weight excluding hydrogens is 494 g/mol. The Morgan fingerprint density at radius 1 is 1.21 bits per heavy atom. The summed E-state index contributed by atoms with van der Waals surface area (Å²) in [5.41, 5.74) is 1.14. The molecule has 0 bridgehead atoms. The predicted octanol–water partition coefficient (Wildman–Crippen LogP) is 5.32. The number of nitrogens with one attached hydrogen (secondary N) is 2. The van der Waals surface area contributed by atoms with Crippen molar-refractivity contribution in [2.45, 2.75) is 57.5 Å². The molecule has 4 rings (SSSR count). The molecule has 2 aromatic rings. The third kappa shape index (κ3) is 4.19. The molecule has 5 nitrogen and oxygen atoms in total. The zero-order valence-corrected chi connectivity index (χ0v) is 20.9. The summed E-state index contributed by atoms with van der Waals surface area (Å²) in [4.78, 5) is 26.1. The van der Waals surface area contributed by atoms with Gasteiger partial charge in [-0.15, -0.1) is 0 Å². The average molecular weight is 523 g/mol. The monoisotopic (exact) mass is 522 g/mol. The maximum atomic E-state index is 15.4. The third-order valence-corrected chi connectivity index (χ3v) is 7.01. The van der Waals surface area contributed by atoms with E-state index in [4.69, 9.17) is 0 Å². The van der Waals surface area contributed by atoms with Crippen molar-refractivity contribution in [1.82, 2.24) is 5.32 Å². The van der Waals surface area contributed by atoms with Crippen LogP contribution in [-0.4, -0.2) is 36.2 Å². The highest BCUT2D eigenvalue weighted by molar-refractivity contribution is 9.10. The van der Waals surface area contributed by atoms with Crippen LogP contribution >= 0.6 is 15.9 Å². The first-order valence-electron chi connectivity index (χ1n) is 10.7. The van der Waals surface area contributed by atoms with E-state index in [-0.39, 0.29) is 21.4 Å². The van der Waals surface area contributed by atoms with E-state index in [0.29, 0.717) is 19.3 Å². The number of aliphatic carboxylic acids is 1. The molecule has 0 aliphatic carbocycles. The number of alkyl halides is 1. The van der Waals surface area contributed by atoms with E-state index in [2.05, 4.69) is 26.6 Å². The van der Waals surface area contributed by atoms with Gasteiger partial charge in [-0.05, 0) is 63.5 Å². The van der Waals surface area contributed by atoms with Crippen LogP contribution in [0.25, 0.3) is 0 Å². The second-order valence-electron chi connectivity index (χ2n) is 9.79. The van der Waals surface area contributed by atoms with Crippen LogP contribution in [0.2, 0.25) is 0 Å². The number of amides is 1. The molecule has 2 aliphatic heterocycles. The van der Waals surface area contributed by atoms with Crippen molar-refractivity contribution in [2.75, 3.05) is 12.5 Å². The minimum atomic E-state index is -1.25. The van der Waals surface area contributed by atoms with Crippen molar-refractivity contribution in [3.05, 3.63) is 63.4 Å². The van der Waals surface area contributed by atoms with E-state index >= 15 is 4.39 Å². The van der Waals surface area contributed by atoms with Gasteiger partial charge >= 0.3 is 5.97 Å². The van der Waals surface area contributed by atoms with Crippen LogP contribution in [-0.2, 0) is 15.0 Å². The number of benzene rings is 2. The molecule has 0 saturated carbocycles. The standard InChI is InChI=1S/C24H26BrFN2O3.CH3F/c1-12-8-9-14-16(10-12)27-22(31)24(14)17(11-23(2,3)4)28-20(21(29)30)18(24)13-6-5-7-15(25)19(13)26;1-2/h5-10,17-18,20,28H,11H2,1-4H3,(H,27,31)(H,29,30);1H3/t17?,18?,20-,24-;/m1./s1. The van der Waals surface area contributed by atoms with Crippen molar-refractivity contribution in [1.29, 1.82) is 0 Å². The van der Waals surface area contributed by atoms with Gasteiger partial charge in [0.05, 0.1) is 11.7 Å². The van der Waals surface area contributed by atoms with Crippen molar-refractivity contribution in [3.63, 3.8) is 0 Å². The van der Waals surface area contributed by atoms with Crippen molar-refractivity contribution >= 4 is 33.5 Å². The number of aryl methyl sites for hydroxylation is 1. The zero-order valence-electron chi connectivity index (χ0n) is 19.3. The van der Waals surface area contributed by atoms with Crippen molar-refractivity contribution in [2.24, 2.45) is 5.41 Å². The van der Waals surface area contributed by atoms with E-state index in [1.165, 1.54) is 0 Å². The summed E-state index contributed by atoms with van der Waals surface area (Å²) < 4.78 is 25.1. The summed E-state index contributed by atoms with van der Waals surface area (Å²) in [7, 11) is 0.500. The number of rotatable bonds is 3. The van der Waals surface area contributed by atoms with E-state index in [9.17, 15) is 19.1 Å². The van der Waals surface area contributed by atoms with Crippen molar-refractivity contribution < 1.29 is 23.5 Å². The van der Waals surface area contributed by atoms with E-state index in [1.54, 1.807) is 18.2 Å². The number of anilines is 1. The molecular formula is C25H29BrF2N2O3. The molecule has 3 N–H and O–H groups in total. The fourth-order valence-electron chi connectivity index (χ4n) is 5.28. The molecule has 2 aliphatic rings. The lowest BCUT2D eigenvalue weighted by Crippen LogP contribution is -2.49. The van der Waals surface area contributed by atoms with Gasteiger partial charge in [0.2, 0.25) is 5.91 Å². The lowest BCUT2D eigenvalue weighted by Gasteiger charge is -2.37. The number of halogens is 3. The third-order valence-electron chi connectivity index (χ3n) is 6.40. The Morgan fingerprint density at radius 2 is 1.88 bits per heavy atom. The van der Waals surface area contributed by atoms with Gasteiger partial charge in [-0.3, -0.25) is 19.3 Å². The molecule has 1 fully saturated rings. The van der Waals surface area contributed by atoms with E-state index in [0.717, 1.165) is 11.1 Å². The lowest BCUT2D eigenvalue weighted by molar-refractivity contribution is -0.139. The van der Waals surface area contributed by atoms with Crippen LogP contribution in [0.1, 0.15) is 49.8 Å². The number of carboxylic acid groups (broad SMARTS) is 1. The van der Waals surface area contributed by atoms with Gasteiger partial charge in [0.15, 0.2) is 0 Å². The highest BCUT2D eigenvalue weighted by atomic mass is 79.9. The fourth-order valence-corrected chi connectivity index (χ4v) is 5.66. The summed E-state index contributed by atoms with van der Waals surface area (Å²) in [5, 5.41) is 16.3. The number of hydrogen-bond donors (Lipinski definition) is 3. The first kappa shape index (κ1) is 25.3. The van der Waals surface area contributed by atoms with Crippen LogP contribution in [0, 0.1) is 18.2 Å². The molecule has 0 aromatic heterocycles. The van der Waals surface area contributed by atoms with Gasteiger partial charge in [0.25, 0.3) is 0 Å². The average Bonchev–Trinajstić information content (AvgIpc) is 3.20. The molecule has 8 heteroatoms. The summed E-state index contributed by atoms with van der Waals surface area (Å²) in [6, 6.07) is 8.92. The Labute approximate surface area is 201 Å². The number of carbonyl (C=O) groups is 2. The topological polar surface area (TPSA) is 78.4 Å². The second kappa shape index (κ2) is 9.14. The van der Waals surface area contributed by atoms with Gasteiger partial charge in [-0.2, -0.15) is 0 Å². The number of fused-ring (bicyclic) bond motifs is 2. The Hall–Kier alpha value is -2.32. The maximum absolute atomic E-state index is 15.4. The highest BCUT2D eigenvalue weighted by Gasteiger charge is 2.66. The molecule has 2 unspecified atom stereocenters. The Kier molecular flexibility index (Phi) is 7.01. The summed E-state index contributed by atoms with van der Waals surface area (Å²) in [6.07, 6.45) is 0.545. The van der Waals surface area contributed by atoms with Crippen LogP contribution in [0.15, 0.2) is 40.9 Å². The minimum Gasteiger partial charge on any atom is -0.480 e. The Balaban J connectivity index is 0.00000149. The normalized spacial score (nSPS) is 25.9. The fraction of sp³-hybridized carbons (Fsp3) is 0.440. The summed E-state index contributed by atoms with van der Waals surface area (Å²) in [6.45, 7) is 8.08. The van der Waals surface area contributed by atoms with Gasteiger partial charge in [0, 0.05) is 17.6 Å². The molecule has 33 heavy (non-hydrogen) atoms. The first-order chi connectivity index (χ1) is 15.5. The second-order valence-corrected chi connectivity index (χ2v) is 10.6. The molecule has 1 saturated heterocycles. The predicted molar refractivity (Wildman–Crippen MR) is 128 cm³/mol. The quantitative estimate of drug-likeness (QED) is 0.509. The Morgan fingerprint density at radius 3 is 2.48 bits per heavy atom. The van der Waals surface area contributed by atoms with Crippen LogP contribution in [0.3, 0.4) is 0 Å². The molecule has 178 valence electrons. The van der Waals surface area contributed by atoms with E-state index < -0.39 is 35.2 Å². The van der Waals surface area contributed by atoms with E-state index in [1.807, 2.05) is 45.9 Å². The van der Waals surface area contributed by atoms with Crippen LogP contribution in [0.5, 0.6) is 0 Å². The van der Waals surface area contributed by atoms with Crippen LogP contribution in [0.4, 0.5) is 14.5 Å². The smallest absolute Gasteiger partial charge is 0.321 e. The van der Waals surface area contributed by atoms with Gasteiger partial charge in [0.1, 0.15) is 17.3 Å². The number of carboxylic acids is 1. The summed E-state index contributed by atoms with van der Waals surface area (Å²) in [5.74, 6) is -2.85. The minimum absolute atomic E-state index is 0.188.